The lowest BCUT2D eigenvalue weighted by Gasteiger charge is -2.12. The highest BCUT2D eigenvalue weighted by Gasteiger charge is 2.06. The number of anilines is 3. The summed E-state index contributed by atoms with van der Waals surface area (Å²) in [5.74, 6) is 1.64. The van der Waals surface area contributed by atoms with E-state index in [-0.39, 0.29) is 0 Å². The molecule has 0 aliphatic heterocycles. The van der Waals surface area contributed by atoms with Gasteiger partial charge in [-0.25, -0.2) is 0 Å². The Morgan fingerprint density at radius 1 is 1.15 bits per heavy atom. The Labute approximate surface area is 120 Å². The van der Waals surface area contributed by atoms with Crippen molar-refractivity contribution in [1.29, 1.82) is 0 Å². The molecule has 2 aromatic rings. The van der Waals surface area contributed by atoms with Crippen LogP contribution in [0, 0.1) is 12.8 Å². The first-order valence-electron chi connectivity index (χ1n) is 6.77. The van der Waals surface area contributed by atoms with Gasteiger partial charge < -0.3 is 15.8 Å². The van der Waals surface area contributed by atoms with Gasteiger partial charge in [0.05, 0.1) is 12.3 Å². The van der Waals surface area contributed by atoms with E-state index in [0.29, 0.717) is 24.1 Å². The summed E-state index contributed by atoms with van der Waals surface area (Å²) < 4.78 is 5.62. The zero-order valence-electron chi connectivity index (χ0n) is 12.2. The minimum absolute atomic E-state index is 0.435. The van der Waals surface area contributed by atoms with E-state index in [2.05, 4.69) is 43.2 Å². The second-order valence-corrected chi connectivity index (χ2v) is 5.29. The van der Waals surface area contributed by atoms with Crippen molar-refractivity contribution in [3.63, 3.8) is 0 Å². The molecule has 0 fully saturated rings. The van der Waals surface area contributed by atoms with Crippen LogP contribution in [0.5, 0.6) is 5.88 Å². The average molecular weight is 271 g/mol. The standard InChI is InChI=1S/C16H21N3O/c1-11(2)10-20-16-14(17)8-9-15(19-16)18-13-6-4-12(3)5-7-13/h4-9,11H,10,17H2,1-3H3,(H,18,19). The van der Waals surface area contributed by atoms with Crippen LogP contribution in [0.15, 0.2) is 36.4 Å². The zero-order valence-corrected chi connectivity index (χ0v) is 12.2. The molecule has 20 heavy (non-hydrogen) atoms. The van der Waals surface area contributed by atoms with Gasteiger partial charge in [-0.15, -0.1) is 0 Å². The van der Waals surface area contributed by atoms with Gasteiger partial charge in [0.1, 0.15) is 5.82 Å². The van der Waals surface area contributed by atoms with Crippen LogP contribution < -0.4 is 15.8 Å². The third-order valence-electron chi connectivity index (χ3n) is 2.77. The molecule has 4 heteroatoms. The van der Waals surface area contributed by atoms with E-state index < -0.39 is 0 Å². The Morgan fingerprint density at radius 2 is 1.85 bits per heavy atom. The molecule has 0 aliphatic rings. The molecule has 0 bridgehead atoms. The van der Waals surface area contributed by atoms with E-state index in [9.17, 15) is 0 Å². The number of nitrogens with two attached hydrogens (primary N) is 1. The van der Waals surface area contributed by atoms with Crippen molar-refractivity contribution in [2.45, 2.75) is 20.8 Å². The molecule has 0 saturated heterocycles. The number of hydrogen-bond acceptors (Lipinski definition) is 4. The first-order valence-corrected chi connectivity index (χ1v) is 6.77. The molecule has 0 amide bonds. The second kappa shape index (κ2) is 6.28. The number of rotatable bonds is 5. The Hall–Kier alpha value is -2.23. The molecule has 1 heterocycles. The minimum Gasteiger partial charge on any atom is -0.476 e. The predicted molar refractivity (Wildman–Crippen MR) is 83.4 cm³/mol. The van der Waals surface area contributed by atoms with Gasteiger partial charge in [-0.05, 0) is 37.1 Å². The fourth-order valence-corrected chi connectivity index (χ4v) is 1.67. The van der Waals surface area contributed by atoms with Crippen molar-refractivity contribution < 1.29 is 4.74 Å². The van der Waals surface area contributed by atoms with Gasteiger partial charge in [0, 0.05) is 5.69 Å². The highest BCUT2D eigenvalue weighted by atomic mass is 16.5. The largest absolute Gasteiger partial charge is 0.476 e. The smallest absolute Gasteiger partial charge is 0.239 e. The minimum atomic E-state index is 0.435. The molecule has 4 nitrogen and oxygen atoms in total. The van der Waals surface area contributed by atoms with E-state index in [0.717, 1.165) is 11.5 Å². The lowest BCUT2D eigenvalue weighted by Crippen LogP contribution is -2.08. The van der Waals surface area contributed by atoms with Crippen LogP contribution >= 0.6 is 0 Å². The maximum atomic E-state index is 5.87. The van der Waals surface area contributed by atoms with Crippen LogP contribution in [0.1, 0.15) is 19.4 Å². The number of nitrogens with zero attached hydrogens (tertiary/aromatic N) is 1. The lowest BCUT2D eigenvalue weighted by molar-refractivity contribution is 0.263. The van der Waals surface area contributed by atoms with Crippen molar-refractivity contribution in [3.05, 3.63) is 42.0 Å². The highest BCUT2D eigenvalue weighted by Crippen LogP contribution is 2.23. The van der Waals surface area contributed by atoms with Crippen LogP contribution in [-0.2, 0) is 0 Å². The number of hydrogen-bond donors (Lipinski definition) is 2. The van der Waals surface area contributed by atoms with Crippen molar-refractivity contribution in [2.75, 3.05) is 17.7 Å². The van der Waals surface area contributed by atoms with Gasteiger partial charge in [-0.1, -0.05) is 31.5 Å². The van der Waals surface area contributed by atoms with E-state index in [1.54, 1.807) is 6.07 Å². The summed E-state index contributed by atoms with van der Waals surface area (Å²) in [6.07, 6.45) is 0. The third-order valence-corrected chi connectivity index (χ3v) is 2.77. The van der Waals surface area contributed by atoms with Crippen LogP contribution in [0.4, 0.5) is 17.2 Å². The normalized spacial score (nSPS) is 10.6. The lowest BCUT2D eigenvalue weighted by atomic mass is 10.2. The van der Waals surface area contributed by atoms with E-state index in [1.165, 1.54) is 5.56 Å². The van der Waals surface area contributed by atoms with Crippen molar-refractivity contribution in [2.24, 2.45) is 5.92 Å². The fourth-order valence-electron chi connectivity index (χ4n) is 1.67. The molecule has 0 atom stereocenters. The monoisotopic (exact) mass is 271 g/mol. The van der Waals surface area contributed by atoms with E-state index in [1.807, 2.05) is 18.2 Å². The molecule has 2 rings (SSSR count). The third kappa shape index (κ3) is 3.88. The second-order valence-electron chi connectivity index (χ2n) is 5.29. The average Bonchev–Trinajstić information content (AvgIpc) is 2.42. The Morgan fingerprint density at radius 3 is 2.50 bits per heavy atom. The summed E-state index contributed by atoms with van der Waals surface area (Å²) in [7, 11) is 0. The molecule has 1 aromatic heterocycles. The summed E-state index contributed by atoms with van der Waals surface area (Å²) in [5.41, 5.74) is 8.64. The SMILES string of the molecule is Cc1ccc(Nc2ccc(N)c(OCC(C)C)n2)cc1. The van der Waals surface area contributed by atoms with Gasteiger partial charge in [0.15, 0.2) is 0 Å². The molecule has 3 N–H and O–H groups in total. The molecule has 0 aliphatic carbocycles. The summed E-state index contributed by atoms with van der Waals surface area (Å²) >= 11 is 0. The van der Waals surface area contributed by atoms with Crippen LogP contribution in [0.3, 0.4) is 0 Å². The first-order chi connectivity index (χ1) is 9.54. The van der Waals surface area contributed by atoms with Gasteiger partial charge in [0.25, 0.3) is 0 Å². The quantitative estimate of drug-likeness (QED) is 0.869. The topological polar surface area (TPSA) is 60.2 Å². The van der Waals surface area contributed by atoms with Crippen LogP contribution in [0.25, 0.3) is 0 Å². The molecule has 0 radical (unpaired) electrons. The number of pyridine rings is 1. The molecule has 1 aromatic carbocycles. The molecule has 0 unspecified atom stereocenters. The highest BCUT2D eigenvalue weighted by molar-refractivity contribution is 5.60. The molecule has 0 spiro atoms. The summed E-state index contributed by atoms with van der Waals surface area (Å²) in [5, 5.41) is 3.24. The number of ether oxygens (including phenoxy) is 1. The Bertz CT molecular complexity index is 564. The molecule has 0 saturated carbocycles. The number of nitrogen functional groups attached to an aromatic ring is 1. The van der Waals surface area contributed by atoms with Gasteiger partial charge in [0.2, 0.25) is 5.88 Å². The van der Waals surface area contributed by atoms with Gasteiger partial charge in [-0.2, -0.15) is 4.98 Å². The maximum absolute atomic E-state index is 5.87. The fraction of sp³-hybridized carbons (Fsp3) is 0.312. The van der Waals surface area contributed by atoms with Crippen LogP contribution in [0.2, 0.25) is 0 Å². The van der Waals surface area contributed by atoms with E-state index >= 15 is 0 Å². The Balaban J connectivity index is 2.12. The number of benzene rings is 1. The van der Waals surface area contributed by atoms with Gasteiger partial charge >= 0.3 is 0 Å². The Kier molecular flexibility index (Phi) is 4.45. The summed E-state index contributed by atoms with van der Waals surface area (Å²) in [6.45, 7) is 6.84. The molecular formula is C16H21N3O. The number of aromatic nitrogens is 1. The number of nitrogens with one attached hydrogen (secondary N) is 1. The zero-order chi connectivity index (χ0) is 14.5. The summed E-state index contributed by atoms with van der Waals surface area (Å²) in [4.78, 5) is 4.40. The summed E-state index contributed by atoms with van der Waals surface area (Å²) in [6, 6.07) is 11.8. The molecular weight excluding hydrogens is 250 g/mol. The van der Waals surface area contributed by atoms with Gasteiger partial charge in [-0.3, -0.25) is 0 Å². The van der Waals surface area contributed by atoms with Crippen molar-refractivity contribution >= 4 is 17.2 Å². The van der Waals surface area contributed by atoms with Crippen molar-refractivity contribution in [1.82, 2.24) is 4.98 Å². The van der Waals surface area contributed by atoms with Crippen LogP contribution in [-0.4, -0.2) is 11.6 Å². The molecule has 106 valence electrons. The van der Waals surface area contributed by atoms with E-state index in [4.69, 9.17) is 10.5 Å². The maximum Gasteiger partial charge on any atom is 0.239 e. The first kappa shape index (κ1) is 14.2. The van der Waals surface area contributed by atoms with Crippen molar-refractivity contribution in [3.8, 4) is 5.88 Å². The number of aryl methyl sites for hydroxylation is 1. The predicted octanol–water partition coefficient (Wildman–Crippen LogP) is 3.75.